The molecule has 2 heterocycles. The first-order valence-electron chi connectivity index (χ1n) is 5.84. The lowest BCUT2D eigenvalue weighted by Crippen LogP contribution is -2.44. The van der Waals surface area contributed by atoms with Gasteiger partial charge in [0.05, 0.1) is 18.8 Å². The van der Waals surface area contributed by atoms with E-state index in [4.69, 9.17) is 19.5 Å². The Morgan fingerprint density at radius 1 is 1.61 bits per heavy atom. The predicted molar refractivity (Wildman–Crippen MR) is 64.2 cm³/mol. The van der Waals surface area contributed by atoms with E-state index in [1.807, 2.05) is 19.9 Å². The summed E-state index contributed by atoms with van der Waals surface area (Å²) in [5, 5.41) is 8.88. The van der Waals surface area contributed by atoms with Crippen molar-refractivity contribution in [3.05, 3.63) is 24.0 Å². The molecule has 0 saturated carbocycles. The number of ether oxygens (including phenoxy) is 3. The molecule has 1 unspecified atom stereocenters. The van der Waals surface area contributed by atoms with Crippen LogP contribution in [0.15, 0.2) is 18.3 Å². The summed E-state index contributed by atoms with van der Waals surface area (Å²) in [4.78, 5) is 3.93. The maximum Gasteiger partial charge on any atom is 0.182 e. The molecule has 1 aromatic rings. The number of hydrogen-bond acceptors (Lipinski definition) is 5. The van der Waals surface area contributed by atoms with E-state index in [1.54, 1.807) is 18.3 Å². The molecular formula is C13H16N2O3. The monoisotopic (exact) mass is 248 g/mol. The summed E-state index contributed by atoms with van der Waals surface area (Å²) in [7, 11) is 0. The number of hydrogen-bond donors (Lipinski definition) is 0. The molecule has 0 aliphatic carbocycles. The summed E-state index contributed by atoms with van der Waals surface area (Å²) in [6.45, 7) is 5.36. The third-order valence-corrected chi connectivity index (χ3v) is 2.63. The highest BCUT2D eigenvalue weighted by Gasteiger charge is 2.28. The zero-order valence-corrected chi connectivity index (χ0v) is 10.5. The van der Waals surface area contributed by atoms with E-state index >= 15 is 0 Å². The molecule has 1 aliphatic rings. The van der Waals surface area contributed by atoms with Crippen molar-refractivity contribution in [3.63, 3.8) is 0 Å². The van der Waals surface area contributed by atoms with Gasteiger partial charge in [-0.05, 0) is 26.0 Å². The summed E-state index contributed by atoms with van der Waals surface area (Å²) >= 11 is 0. The van der Waals surface area contributed by atoms with Crippen molar-refractivity contribution in [1.82, 2.24) is 4.98 Å². The Labute approximate surface area is 106 Å². The van der Waals surface area contributed by atoms with Crippen molar-refractivity contribution < 1.29 is 14.2 Å². The Balaban J connectivity index is 1.87. The lowest BCUT2D eigenvalue weighted by atomic mass is 10.1. The average Bonchev–Trinajstić information content (AvgIpc) is 2.38. The third kappa shape index (κ3) is 3.19. The van der Waals surface area contributed by atoms with Crippen molar-refractivity contribution in [1.29, 1.82) is 5.26 Å². The lowest BCUT2D eigenvalue weighted by Gasteiger charge is -2.34. The smallest absolute Gasteiger partial charge is 0.182 e. The minimum Gasteiger partial charge on any atom is -0.488 e. The average molecular weight is 248 g/mol. The van der Waals surface area contributed by atoms with E-state index in [1.165, 1.54) is 0 Å². The molecule has 0 amide bonds. The third-order valence-electron chi connectivity index (χ3n) is 2.63. The van der Waals surface area contributed by atoms with E-state index in [-0.39, 0.29) is 17.4 Å². The zero-order chi connectivity index (χ0) is 13.0. The van der Waals surface area contributed by atoms with Crippen LogP contribution in [0.4, 0.5) is 0 Å². The SMILES string of the molecule is CC1(C)COC(COc2cccnc2C#N)CO1. The summed E-state index contributed by atoms with van der Waals surface area (Å²) in [6.07, 6.45) is 1.46. The highest BCUT2D eigenvalue weighted by molar-refractivity contribution is 5.36. The van der Waals surface area contributed by atoms with Crippen LogP contribution in [0.2, 0.25) is 0 Å². The van der Waals surface area contributed by atoms with Crippen molar-refractivity contribution in [3.8, 4) is 11.8 Å². The molecule has 0 N–H and O–H groups in total. The molecule has 18 heavy (non-hydrogen) atoms. The van der Waals surface area contributed by atoms with Crippen LogP contribution in [0.5, 0.6) is 5.75 Å². The first kappa shape index (κ1) is 12.8. The van der Waals surface area contributed by atoms with Crippen molar-refractivity contribution in [2.75, 3.05) is 19.8 Å². The standard InChI is InChI=1S/C13H16N2O3/c1-13(2)9-17-10(8-18-13)7-16-12-4-3-5-15-11(12)6-14/h3-5,10H,7-9H2,1-2H3. The molecule has 5 nitrogen and oxygen atoms in total. The molecule has 1 saturated heterocycles. The first-order valence-corrected chi connectivity index (χ1v) is 5.84. The largest absolute Gasteiger partial charge is 0.488 e. The van der Waals surface area contributed by atoms with Crippen LogP contribution in [0.3, 0.4) is 0 Å². The molecule has 1 aromatic heterocycles. The van der Waals surface area contributed by atoms with Crippen LogP contribution < -0.4 is 4.74 Å². The van der Waals surface area contributed by atoms with Gasteiger partial charge in [0, 0.05) is 6.20 Å². The normalized spacial score (nSPS) is 22.2. The van der Waals surface area contributed by atoms with Gasteiger partial charge in [-0.15, -0.1) is 0 Å². The van der Waals surface area contributed by atoms with Gasteiger partial charge in [0.2, 0.25) is 0 Å². The van der Waals surface area contributed by atoms with Gasteiger partial charge < -0.3 is 14.2 Å². The molecule has 5 heteroatoms. The minimum absolute atomic E-state index is 0.107. The van der Waals surface area contributed by atoms with Crippen LogP contribution in [-0.2, 0) is 9.47 Å². The quantitative estimate of drug-likeness (QED) is 0.811. The van der Waals surface area contributed by atoms with Gasteiger partial charge in [-0.25, -0.2) is 4.98 Å². The number of rotatable bonds is 3. The van der Waals surface area contributed by atoms with E-state index in [2.05, 4.69) is 4.98 Å². The van der Waals surface area contributed by atoms with Gasteiger partial charge in [-0.3, -0.25) is 0 Å². The van der Waals surface area contributed by atoms with E-state index in [0.29, 0.717) is 25.6 Å². The van der Waals surface area contributed by atoms with Crippen LogP contribution in [0.25, 0.3) is 0 Å². The molecule has 1 fully saturated rings. The molecule has 1 atom stereocenters. The lowest BCUT2D eigenvalue weighted by molar-refractivity contribution is -0.181. The molecule has 1 aliphatic heterocycles. The second-order valence-corrected chi connectivity index (χ2v) is 4.78. The molecule has 96 valence electrons. The van der Waals surface area contributed by atoms with Crippen molar-refractivity contribution >= 4 is 0 Å². The minimum atomic E-state index is -0.234. The summed E-state index contributed by atoms with van der Waals surface area (Å²) < 4.78 is 16.8. The first-order chi connectivity index (χ1) is 8.61. The molecule has 0 aromatic carbocycles. The fraction of sp³-hybridized carbons (Fsp3) is 0.538. The second-order valence-electron chi connectivity index (χ2n) is 4.78. The van der Waals surface area contributed by atoms with Crippen molar-refractivity contribution in [2.45, 2.75) is 25.6 Å². The number of pyridine rings is 1. The van der Waals surface area contributed by atoms with Crippen LogP contribution in [0.1, 0.15) is 19.5 Å². The highest BCUT2D eigenvalue weighted by atomic mass is 16.6. The zero-order valence-electron chi connectivity index (χ0n) is 10.5. The summed E-state index contributed by atoms with van der Waals surface area (Å²) in [5.74, 6) is 0.480. The summed E-state index contributed by atoms with van der Waals surface area (Å²) in [5.41, 5.74) is 0.0531. The Morgan fingerprint density at radius 3 is 3.11 bits per heavy atom. The Hall–Kier alpha value is -1.64. The fourth-order valence-electron chi connectivity index (χ4n) is 1.60. The fourth-order valence-corrected chi connectivity index (χ4v) is 1.60. The molecule has 0 bridgehead atoms. The van der Waals surface area contributed by atoms with Gasteiger partial charge >= 0.3 is 0 Å². The van der Waals surface area contributed by atoms with E-state index < -0.39 is 0 Å². The topological polar surface area (TPSA) is 64.4 Å². The Morgan fingerprint density at radius 2 is 2.44 bits per heavy atom. The van der Waals surface area contributed by atoms with E-state index in [9.17, 15) is 0 Å². The molecule has 0 radical (unpaired) electrons. The van der Waals surface area contributed by atoms with Gasteiger partial charge in [0.1, 0.15) is 18.8 Å². The maximum absolute atomic E-state index is 8.88. The molecule has 2 rings (SSSR count). The number of nitriles is 1. The van der Waals surface area contributed by atoms with Crippen LogP contribution in [-0.4, -0.2) is 36.5 Å². The Kier molecular flexibility index (Phi) is 3.80. The Bertz CT molecular complexity index is 444. The maximum atomic E-state index is 8.88. The van der Waals surface area contributed by atoms with Gasteiger partial charge in [-0.1, -0.05) is 0 Å². The number of nitrogens with zero attached hydrogens (tertiary/aromatic N) is 2. The molecular weight excluding hydrogens is 232 g/mol. The van der Waals surface area contributed by atoms with Gasteiger partial charge in [0.25, 0.3) is 0 Å². The second kappa shape index (κ2) is 5.34. The van der Waals surface area contributed by atoms with E-state index in [0.717, 1.165) is 0 Å². The predicted octanol–water partition coefficient (Wildman–Crippen LogP) is 1.53. The molecule has 0 spiro atoms. The van der Waals surface area contributed by atoms with Crippen LogP contribution >= 0.6 is 0 Å². The highest BCUT2D eigenvalue weighted by Crippen LogP contribution is 2.19. The van der Waals surface area contributed by atoms with Gasteiger partial charge in [0.15, 0.2) is 11.4 Å². The van der Waals surface area contributed by atoms with Crippen LogP contribution in [0, 0.1) is 11.3 Å². The summed E-state index contributed by atoms with van der Waals surface area (Å²) in [6, 6.07) is 5.44. The van der Waals surface area contributed by atoms with Gasteiger partial charge in [-0.2, -0.15) is 5.26 Å². The van der Waals surface area contributed by atoms with Crippen molar-refractivity contribution in [2.24, 2.45) is 0 Å². The number of aromatic nitrogens is 1.